The predicted octanol–water partition coefficient (Wildman–Crippen LogP) is 2.25. The summed E-state index contributed by atoms with van der Waals surface area (Å²) in [7, 11) is 3.74. The van der Waals surface area contributed by atoms with Gasteiger partial charge in [0.05, 0.1) is 13.7 Å². The van der Waals surface area contributed by atoms with Gasteiger partial charge in [-0.1, -0.05) is 12.1 Å². The van der Waals surface area contributed by atoms with Crippen LogP contribution in [0.5, 0.6) is 5.75 Å². The predicted molar refractivity (Wildman–Crippen MR) is 75.2 cm³/mol. The number of hydrogen-bond donors (Lipinski definition) is 1. The van der Waals surface area contributed by atoms with Crippen molar-refractivity contribution < 1.29 is 9.84 Å². The van der Waals surface area contributed by atoms with Gasteiger partial charge in [0.25, 0.3) is 0 Å². The number of methoxy groups -OCH3 is 1. The third-order valence-corrected chi connectivity index (χ3v) is 3.62. The maximum atomic E-state index is 9.32. The van der Waals surface area contributed by atoms with Crippen LogP contribution in [-0.2, 0) is 6.42 Å². The van der Waals surface area contributed by atoms with Gasteiger partial charge in [-0.25, -0.2) is 0 Å². The summed E-state index contributed by atoms with van der Waals surface area (Å²) in [5, 5.41) is 9.32. The van der Waals surface area contributed by atoms with Crippen LogP contribution < -0.4 is 4.74 Å². The van der Waals surface area contributed by atoms with E-state index in [2.05, 4.69) is 24.0 Å². The molecule has 102 valence electrons. The molecule has 0 bridgehead atoms. The lowest BCUT2D eigenvalue weighted by Gasteiger charge is -2.33. The van der Waals surface area contributed by atoms with Crippen molar-refractivity contribution in [3.63, 3.8) is 0 Å². The van der Waals surface area contributed by atoms with Crippen molar-refractivity contribution in [2.45, 2.75) is 32.7 Å². The lowest BCUT2D eigenvalue weighted by molar-refractivity contribution is 0.0801. The largest absolute Gasteiger partial charge is 0.496 e. The first-order valence-electron chi connectivity index (χ1n) is 6.36. The number of ether oxygens (including phenoxy) is 1. The van der Waals surface area contributed by atoms with Gasteiger partial charge in [0, 0.05) is 12.1 Å². The van der Waals surface area contributed by atoms with Crippen molar-refractivity contribution in [1.82, 2.24) is 4.90 Å². The van der Waals surface area contributed by atoms with Crippen molar-refractivity contribution in [2.75, 3.05) is 27.3 Å². The Morgan fingerprint density at radius 2 is 2.00 bits per heavy atom. The van der Waals surface area contributed by atoms with Gasteiger partial charge in [-0.15, -0.1) is 0 Å². The number of aliphatic hydroxyl groups excluding tert-OH is 1. The fourth-order valence-corrected chi connectivity index (χ4v) is 1.82. The molecule has 3 heteroatoms. The van der Waals surface area contributed by atoms with Gasteiger partial charge in [-0.3, -0.25) is 4.90 Å². The lowest BCUT2D eigenvalue weighted by Crippen LogP contribution is -2.45. The minimum absolute atomic E-state index is 0.165. The third kappa shape index (κ3) is 3.72. The molecule has 0 aliphatic rings. The highest BCUT2D eigenvalue weighted by molar-refractivity contribution is 5.36. The van der Waals surface area contributed by atoms with Gasteiger partial charge < -0.3 is 9.84 Å². The van der Waals surface area contributed by atoms with E-state index in [1.54, 1.807) is 7.11 Å². The Labute approximate surface area is 110 Å². The van der Waals surface area contributed by atoms with E-state index in [4.69, 9.17) is 4.74 Å². The molecular formula is C15H25NO2. The van der Waals surface area contributed by atoms with E-state index in [1.807, 2.05) is 27.0 Å². The van der Waals surface area contributed by atoms with E-state index in [1.165, 1.54) is 11.1 Å². The first-order chi connectivity index (χ1) is 8.40. The van der Waals surface area contributed by atoms with Crippen LogP contribution in [0.25, 0.3) is 0 Å². The summed E-state index contributed by atoms with van der Waals surface area (Å²) < 4.78 is 5.25. The van der Waals surface area contributed by atoms with Crippen molar-refractivity contribution >= 4 is 0 Å². The van der Waals surface area contributed by atoms with Crippen LogP contribution >= 0.6 is 0 Å². The number of aliphatic hydroxyl groups is 1. The molecule has 0 aromatic heterocycles. The molecule has 1 aromatic carbocycles. The Balaban J connectivity index is 2.61. The van der Waals surface area contributed by atoms with Gasteiger partial charge >= 0.3 is 0 Å². The Kier molecular flexibility index (Phi) is 5.17. The highest BCUT2D eigenvalue weighted by atomic mass is 16.5. The van der Waals surface area contributed by atoms with Gasteiger partial charge in [0.1, 0.15) is 5.75 Å². The summed E-state index contributed by atoms with van der Waals surface area (Å²) in [6, 6.07) is 6.28. The van der Waals surface area contributed by atoms with Gasteiger partial charge in [-0.2, -0.15) is 0 Å². The smallest absolute Gasteiger partial charge is 0.121 e. The molecule has 0 unspecified atom stereocenters. The molecule has 0 heterocycles. The van der Waals surface area contributed by atoms with Gasteiger partial charge in [0.15, 0.2) is 0 Å². The molecule has 0 aliphatic heterocycles. The molecule has 0 fully saturated rings. The number of benzene rings is 1. The molecule has 0 amide bonds. The maximum Gasteiger partial charge on any atom is 0.121 e. The Bertz CT molecular complexity index is 388. The molecule has 0 atom stereocenters. The second-order valence-corrected chi connectivity index (χ2v) is 5.45. The first-order valence-corrected chi connectivity index (χ1v) is 6.36. The highest BCUT2D eigenvalue weighted by Gasteiger charge is 2.21. The number of rotatable bonds is 6. The van der Waals surface area contributed by atoms with Crippen molar-refractivity contribution in [3.8, 4) is 5.75 Å². The third-order valence-electron chi connectivity index (χ3n) is 3.62. The molecule has 0 spiro atoms. The molecule has 0 saturated heterocycles. The van der Waals surface area contributed by atoms with Gasteiger partial charge in [0.2, 0.25) is 0 Å². The van der Waals surface area contributed by atoms with Crippen molar-refractivity contribution in [1.29, 1.82) is 0 Å². The zero-order valence-corrected chi connectivity index (χ0v) is 12.2. The Morgan fingerprint density at radius 3 is 2.50 bits per heavy atom. The van der Waals surface area contributed by atoms with Crippen LogP contribution in [0, 0.1) is 6.92 Å². The number of likely N-dealkylation sites (N-methyl/N-ethyl adjacent to an activating group) is 1. The maximum absolute atomic E-state index is 9.32. The fourth-order valence-electron chi connectivity index (χ4n) is 1.82. The van der Waals surface area contributed by atoms with Crippen LogP contribution in [0.4, 0.5) is 0 Å². The van der Waals surface area contributed by atoms with Crippen LogP contribution in [0.1, 0.15) is 25.0 Å². The summed E-state index contributed by atoms with van der Waals surface area (Å²) >= 11 is 0. The monoisotopic (exact) mass is 251 g/mol. The average molecular weight is 251 g/mol. The standard InChI is InChI=1S/C15H25NO2/c1-12-10-13(6-7-14(12)18-5)8-9-16(4)15(2,3)11-17/h6-7,10,17H,8-9,11H2,1-5H3. The topological polar surface area (TPSA) is 32.7 Å². The van der Waals surface area contributed by atoms with E-state index >= 15 is 0 Å². The summed E-state index contributed by atoms with van der Waals surface area (Å²) in [6.07, 6.45) is 0.977. The average Bonchev–Trinajstić information content (AvgIpc) is 2.36. The van der Waals surface area contributed by atoms with E-state index in [-0.39, 0.29) is 12.1 Å². The first kappa shape index (κ1) is 15.0. The normalized spacial score (nSPS) is 11.9. The van der Waals surface area contributed by atoms with E-state index in [9.17, 15) is 5.11 Å². The molecule has 0 saturated carbocycles. The molecule has 1 N–H and O–H groups in total. The molecule has 1 rings (SSSR count). The highest BCUT2D eigenvalue weighted by Crippen LogP contribution is 2.19. The fraction of sp³-hybridized carbons (Fsp3) is 0.600. The minimum atomic E-state index is -0.165. The quantitative estimate of drug-likeness (QED) is 0.841. The number of hydrogen-bond acceptors (Lipinski definition) is 3. The number of aryl methyl sites for hydroxylation is 1. The second kappa shape index (κ2) is 6.21. The molecular weight excluding hydrogens is 226 g/mol. The summed E-state index contributed by atoms with van der Waals surface area (Å²) in [5.74, 6) is 0.933. The van der Waals surface area contributed by atoms with E-state index < -0.39 is 0 Å². The van der Waals surface area contributed by atoms with Crippen LogP contribution in [0.3, 0.4) is 0 Å². The Hall–Kier alpha value is -1.06. The van der Waals surface area contributed by atoms with Crippen molar-refractivity contribution in [2.24, 2.45) is 0 Å². The van der Waals surface area contributed by atoms with Crippen molar-refractivity contribution in [3.05, 3.63) is 29.3 Å². The van der Waals surface area contributed by atoms with Gasteiger partial charge in [-0.05, 0) is 51.4 Å². The summed E-state index contributed by atoms with van der Waals surface area (Å²) in [6.45, 7) is 7.26. The number of nitrogens with zero attached hydrogens (tertiary/aromatic N) is 1. The zero-order chi connectivity index (χ0) is 13.8. The summed E-state index contributed by atoms with van der Waals surface area (Å²) in [5.41, 5.74) is 2.30. The SMILES string of the molecule is COc1ccc(CCN(C)C(C)(C)CO)cc1C. The van der Waals surface area contributed by atoms with Crippen LogP contribution in [0.2, 0.25) is 0 Å². The molecule has 0 aliphatic carbocycles. The molecule has 3 nitrogen and oxygen atoms in total. The second-order valence-electron chi connectivity index (χ2n) is 5.45. The Morgan fingerprint density at radius 1 is 1.33 bits per heavy atom. The zero-order valence-electron chi connectivity index (χ0n) is 12.2. The molecule has 0 radical (unpaired) electrons. The van der Waals surface area contributed by atoms with E-state index in [0.29, 0.717) is 0 Å². The molecule has 1 aromatic rings. The lowest BCUT2D eigenvalue weighted by atomic mass is 10.0. The van der Waals surface area contributed by atoms with Crippen LogP contribution in [-0.4, -0.2) is 42.9 Å². The molecule has 18 heavy (non-hydrogen) atoms. The van der Waals surface area contributed by atoms with Crippen LogP contribution in [0.15, 0.2) is 18.2 Å². The van der Waals surface area contributed by atoms with E-state index in [0.717, 1.165) is 18.7 Å². The minimum Gasteiger partial charge on any atom is -0.496 e. The summed E-state index contributed by atoms with van der Waals surface area (Å²) in [4.78, 5) is 2.19.